The maximum Gasteiger partial charge on any atom is 0.0506 e. The second-order valence-electron chi connectivity index (χ2n) is 6.14. The molecule has 3 nitrogen and oxygen atoms in total. The molecule has 2 fully saturated rings. The Hall–Kier alpha value is -0.120. The molecule has 2 saturated heterocycles. The van der Waals surface area contributed by atoms with E-state index in [1.807, 2.05) is 0 Å². The zero-order valence-corrected chi connectivity index (χ0v) is 12.2. The topological polar surface area (TPSA) is 24.5 Å². The molecule has 0 bridgehead atoms. The van der Waals surface area contributed by atoms with E-state index < -0.39 is 0 Å². The first kappa shape index (κ1) is 14.3. The lowest BCUT2D eigenvalue weighted by Gasteiger charge is -2.32. The average molecular weight is 254 g/mol. The lowest BCUT2D eigenvalue weighted by atomic mass is 9.97. The van der Waals surface area contributed by atoms with Gasteiger partial charge in [-0.05, 0) is 44.2 Å². The minimum atomic E-state index is 0.682. The molecular formula is C15H30N2O. The number of hydrogen-bond donors (Lipinski definition) is 1. The van der Waals surface area contributed by atoms with Gasteiger partial charge in [-0.2, -0.15) is 0 Å². The van der Waals surface area contributed by atoms with Gasteiger partial charge in [0.15, 0.2) is 0 Å². The van der Waals surface area contributed by atoms with E-state index in [-0.39, 0.29) is 0 Å². The normalized spacial score (nSPS) is 33.0. The quantitative estimate of drug-likeness (QED) is 0.832. The predicted octanol–water partition coefficient (Wildman–Crippen LogP) is 2.12. The second kappa shape index (κ2) is 7.46. The molecule has 0 aliphatic carbocycles. The Balaban J connectivity index is 1.82. The van der Waals surface area contributed by atoms with E-state index in [4.69, 9.17) is 4.74 Å². The van der Waals surface area contributed by atoms with Crippen LogP contribution in [0.25, 0.3) is 0 Å². The molecule has 2 rings (SSSR count). The first-order chi connectivity index (χ1) is 8.79. The van der Waals surface area contributed by atoms with Crippen LogP contribution in [0.4, 0.5) is 0 Å². The minimum Gasteiger partial charge on any atom is -0.381 e. The smallest absolute Gasteiger partial charge is 0.0506 e. The third-order valence-corrected chi connectivity index (χ3v) is 4.61. The molecule has 0 radical (unpaired) electrons. The highest BCUT2D eigenvalue weighted by Crippen LogP contribution is 2.18. The summed E-state index contributed by atoms with van der Waals surface area (Å²) in [5, 5.41) is 3.73. The number of hydrogen-bond acceptors (Lipinski definition) is 3. The Kier molecular flexibility index (Phi) is 5.93. The van der Waals surface area contributed by atoms with Gasteiger partial charge in [-0.1, -0.05) is 20.3 Å². The molecule has 2 aliphatic heterocycles. The van der Waals surface area contributed by atoms with Gasteiger partial charge in [-0.3, -0.25) is 0 Å². The summed E-state index contributed by atoms with van der Waals surface area (Å²) >= 11 is 0. The van der Waals surface area contributed by atoms with Crippen LogP contribution in [-0.4, -0.2) is 50.3 Å². The van der Waals surface area contributed by atoms with Crippen molar-refractivity contribution in [1.29, 1.82) is 0 Å². The Labute approximate surface area is 112 Å². The summed E-state index contributed by atoms with van der Waals surface area (Å²) in [6.45, 7) is 11.6. The van der Waals surface area contributed by atoms with Crippen LogP contribution in [0.2, 0.25) is 0 Å². The molecule has 3 heteroatoms. The van der Waals surface area contributed by atoms with Crippen molar-refractivity contribution in [3.63, 3.8) is 0 Å². The Morgan fingerprint density at radius 3 is 3.00 bits per heavy atom. The van der Waals surface area contributed by atoms with E-state index >= 15 is 0 Å². The molecule has 18 heavy (non-hydrogen) atoms. The van der Waals surface area contributed by atoms with E-state index in [0.717, 1.165) is 25.0 Å². The highest BCUT2D eigenvalue weighted by molar-refractivity contribution is 4.81. The van der Waals surface area contributed by atoms with Crippen LogP contribution >= 0.6 is 0 Å². The standard InChI is InChI=1S/C15H30N2O/c1-3-13(2)15-11-17(8-5-7-16-15)10-14-6-4-9-18-12-14/h13-16H,3-12H2,1-2H3. The molecule has 3 atom stereocenters. The van der Waals surface area contributed by atoms with Gasteiger partial charge < -0.3 is 15.0 Å². The summed E-state index contributed by atoms with van der Waals surface area (Å²) in [5.74, 6) is 1.56. The SMILES string of the molecule is CCC(C)C1CN(CC2CCCOC2)CCCN1. The van der Waals surface area contributed by atoms with Gasteiger partial charge >= 0.3 is 0 Å². The molecule has 1 N–H and O–H groups in total. The molecule has 3 unspecified atom stereocenters. The Morgan fingerprint density at radius 2 is 2.28 bits per heavy atom. The summed E-state index contributed by atoms with van der Waals surface area (Å²) < 4.78 is 5.61. The highest BCUT2D eigenvalue weighted by Gasteiger charge is 2.24. The van der Waals surface area contributed by atoms with Crippen LogP contribution in [-0.2, 0) is 4.74 Å². The second-order valence-corrected chi connectivity index (χ2v) is 6.14. The van der Waals surface area contributed by atoms with Crippen molar-refractivity contribution in [2.45, 2.75) is 45.6 Å². The maximum atomic E-state index is 5.61. The first-order valence-corrected chi connectivity index (χ1v) is 7.83. The Morgan fingerprint density at radius 1 is 1.39 bits per heavy atom. The van der Waals surface area contributed by atoms with Crippen LogP contribution in [0.3, 0.4) is 0 Å². The molecule has 0 amide bonds. The van der Waals surface area contributed by atoms with Gasteiger partial charge in [-0.25, -0.2) is 0 Å². The first-order valence-electron chi connectivity index (χ1n) is 7.83. The summed E-state index contributed by atoms with van der Waals surface area (Å²) in [6.07, 6.45) is 5.18. The molecule has 0 saturated carbocycles. The number of ether oxygens (including phenoxy) is 1. The monoisotopic (exact) mass is 254 g/mol. The fourth-order valence-corrected chi connectivity index (χ4v) is 3.17. The van der Waals surface area contributed by atoms with Crippen molar-refractivity contribution in [2.24, 2.45) is 11.8 Å². The van der Waals surface area contributed by atoms with Gasteiger partial charge in [0.05, 0.1) is 6.61 Å². The van der Waals surface area contributed by atoms with Crippen LogP contribution in [0, 0.1) is 11.8 Å². The third kappa shape index (κ3) is 4.22. The summed E-state index contributed by atoms with van der Waals surface area (Å²) in [7, 11) is 0. The zero-order valence-electron chi connectivity index (χ0n) is 12.2. The third-order valence-electron chi connectivity index (χ3n) is 4.61. The molecule has 0 aromatic rings. The molecular weight excluding hydrogens is 224 g/mol. The van der Waals surface area contributed by atoms with Crippen molar-refractivity contribution < 1.29 is 4.74 Å². The van der Waals surface area contributed by atoms with Crippen molar-refractivity contribution in [2.75, 3.05) is 39.4 Å². The largest absolute Gasteiger partial charge is 0.381 e. The van der Waals surface area contributed by atoms with Crippen LogP contribution < -0.4 is 5.32 Å². The van der Waals surface area contributed by atoms with Gasteiger partial charge in [0.2, 0.25) is 0 Å². The molecule has 0 aromatic heterocycles. The number of nitrogens with one attached hydrogen (secondary N) is 1. The minimum absolute atomic E-state index is 0.682. The molecule has 106 valence electrons. The molecule has 0 spiro atoms. The van der Waals surface area contributed by atoms with Crippen molar-refractivity contribution in [3.05, 3.63) is 0 Å². The van der Waals surface area contributed by atoms with Crippen LogP contribution in [0.15, 0.2) is 0 Å². The van der Waals surface area contributed by atoms with E-state index in [1.165, 1.54) is 51.9 Å². The molecule has 2 heterocycles. The number of nitrogens with zero attached hydrogens (tertiary/aromatic N) is 1. The van der Waals surface area contributed by atoms with E-state index in [0.29, 0.717) is 6.04 Å². The predicted molar refractivity (Wildman–Crippen MR) is 75.8 cm³/mol. The summed E-state index contributed by atoms with van der Waals surface area (Å²) in [6, 6.07) is 0.682. The van der Waals surface area contributed by atoms with E-state index in [2.05, 4.69) is 24.1 Å². The van der Waals surface area contributed by atoms with Crippen molar-refractivity contribution in [3.8, 4) is 0 Å². The van der Waals surface area contributed by atoms with Crippen molar-refractivity contribution in [1.82, 2.24) is 10.2 Å². The highest BCUT2D eigenvalue weighted by atomic mass is 16.5. The lowest BCUT2D eigenvalue weighted by Crippen LogP contribution is -2.44. The fourth-order valence-electron chi connectivity index (χ4n) is 3.17. The van der Waals surface area contributed by atoms with Crippen LogP contribution in [0.5, 0.6) is 0 Å². The molecule has 2 aliphatic rings. The van der Waals surface area contributed by atoms with Crippen LogP contribution in [0.1, 0.15) is 39.5 Å². The van der Waals surface area contributed by atoms with Gasteiger partial charge in [0, 0.05) is 25.7 Å². The zero-order chi connectivity index (χ0) is 12.8. The molecule has 0 aromatic carbocycles. The van der Waals surface area contributed by atoms with Crippen molar-refractivity contribution >= 4 is 0 Å². The van der Waals surface area contributed by atoms with E-state index in [1.54, 1.807) is 0 Å². The summed E-state index contributed by atoms with van der Waals surface area (Å²) in [4.78, 5) is 2.68. The fraction of sp³-hybridized carbons (Fsp3) is 1.00. The van der Waals surface area contributed by atoms with E-state index in [9.17, 15) is 0 Å². The van der Waals surface area contributed by atoms with Gasteiger partial charge in [0.25, 0.3) is 0 Å². The summed E-state index contributed by atoms with van der Waals surface area (Å²) in [5.41, 5.74) is 0. The lowest BCUT2D eigenvalue weighted by molar-refractivity contribution is 0.0375. The average Bonchev–Trinajstić information content (AvgIpc) is 2.65. The Bertz CT molecular complexity index is 229. The number of rotatable bonds is 4. The maximum absolute atomic E-state index is 5.61. The van der Waals surface area contributed by atoms with Gasteiger partial charge in [0.1, 0.15) is 0 Å². The van der Waals surface area contributed by atoms with Gasteiger partial charge in [-0.15, -0.1) is 0 Å².